The Morgan fingerprint density at radius 3 is 2.71 bits per heavy atom. The number of benzene rings is 1. The number of amides is 1. The summed E-state index contributed by atoms with van der Waals surface area (Å²) in [7, 11) is 0. The van der Waals surface area contributed by atoms with Crippen molar-refractivity contribution in [3.05, 3.63) is 66.0 Å². The Hall–Kier alpha value is -2.20. The highest BCUT2D eigenvalue weighted by molar-refractivity contribution is 5.93. The van der Waals surface area contributed by atoms with Gasteiger partial charge in [0.05, 0.1) is 6.04 Å². The summed E-state index contributed by atoms with van der Waals surface area (Å²) in [5.74, 6) is 0.0562. The molecule has 0 radical (unpaired) electrons. The summed E-state index contributed by atoms with van der Waals surface area (Å²) < 4.78 is 0. The standard InChI is InChI=1S/C20H23N3O/c24-20(16-10-4-6-12-21-16)23-18-11-5-7-13-22-17(18)14-19(23)15-8-2-1-3-9-15/h1-4,6,8-10,12,17-19,22H,5,7,11,13-14H2/t17-,18+,19+/m1/s1. The minimum atomic E-state index is 0.0562. The molecule has 0 saturated carbocycles. The lowest BCUT2D eigenvalue weighted by molar-refractivity contribution is 0.0644. The van der Waals surface area contributed by atoms with Gasteiger partial charge in [-0.2, -0.15) is 0 Å². The highest BCUT2D eigenvalue weighted by Gasteiger charge is 2.44. The summed E-state index contributed by atoms with van der Waals surface area (Å²) >= 11 is 0. The van der Waals surface area contributed by atoms with E-state index in [1.165, 1.54) is 18.4 Å². The monoisotopic (exact) mass is 321 g/mol. The third kappa shape index (κ3) is 2.82. The lowest BCUT2D eigenvalue weighted by Crippen LogP contribution is -2.44. The van der Waals surface area contributed by atoms with Gasteiger partial charge in [-0.15, -0.1) is 0 Å². The topological polar surface area (TPSA) is 45.2 Å². The molecule has 0 spiro atoms. The zero-order chi connectivity index (χ0) is 16.4. The average Bonchev–Trinajstić information content (AvgIpc) is 2.85. The number of nitrogens with zero attached hydrogens (tertiary/aromatic N) is 2. The molecule has 3 heterocycles. The number of nitrogens with one attached hydrogen (secondary N) is 1. The van der Waals surface area contributed by atoms with Crippen LogP contribution in [0, 0.1) is 0 Å². The zero-order valence-corrected chi connectivity index (χ0v) is 13.8. The Balaban J connectivity index is 1.71. The summed E-state index contributed by atoms with van der Waals surface area (Å²) in [6.07, 6.45) is 6.10. The second kappa shape index (κ2) is 6.73. The van der Waals surface area contributed by atoms with Crippen molar-refractivity contribution < 1.29 is 4.79 Å². The van der Waals surface area contributed by atoms with Gasteiger partial charge in [0.25, 0.3) is 5.91 Å². The summed E-state index contributed by atoms with van der Waals surface area (Å²) in [5, 5.41) is 3.67. The molecule has 0 bridgehead atoms. The third-order valence-corrected chi connectivity index (χ3v) is 5.27. The first-order valence-corrected chi connectivity index (χ1v) is 8.86. The van der Waals surface area contributed by atoms with Gasteiger partial charge < -0.3 is 10.2 Å². The number of pyridine rings is 1. The van der Waals surface area contributed by atoms with Crippen LogP contribution in [0.15, 0.2) is 54.7 Å². The molecule has 1 aromatic carbocycles. The van der Waals surface area contributed by atoms with Crippen LogP contribution in [0.3, 0.4) is 0 Å². The molecule has 2 aliphatic heterocycles. The van der Waals surface area contributed by atoms with Gasteiger partial charge in [0.1, 0.15) is 5.69 Å². The minimum Gasteiger partial charge on any atom is -0.326 e. The quantitative estimate of drug-likeness (QED) is 0.924. The van der Waals surface area contributed by atoms with Gasteiger partial charge in [0, 0.05) is 18.3 Å². The van der Waals surface area contributed by atoms with Crippen molar-refractivity contribution in [3.63, 3.8) is 0 Å². The molecule has 1 amide bonds. The molecule has 2 aromatic rings. The maximum absolute atomic E-state index is 13.2. The highest BCUT2D eigenvalue weighted by Crippen LogP contribution is 2.40. The van der Waals surface area contributed by atoms with Gasteiger partial charge in [-0.1, -0.05) is 42.8 Å². The largest absolute Gasteiger partial charge is 0.326 e. The molecule has 4 rings (SSSR count). The van der Waals surface area contributed by atoms with E-state index < -0.39 is 0 Å². The number of hydrogen-bond acceptors (Lipinski definition) is 3. The normalized spacial score (nSPS) is 26.7. The number of aromatic nitrogens is 1. The number of hydrogen-bond donors (Lipinski definition) is 1. The molecule has 124 valence electrons. The SMILES string of the molecule is O=C(c1ccccn1)N1[C@H](c2ccccc2)C[C@H]2NCCCC[C@@H]21. The van der Waals surface area contributed by atoms with Crippen molar-refractivity contribution in [2.45, 2.75) is 43.8 Å². The Morgan fingerprint density at radius 2 is 1.92 bits per heavy atom. The van der Waals surface area contributed by atoms with E-state index in [0.29, 0.717) is 11.7 Å². The molecule has 0 aliphatic carbocycles. The van der Waals surface area contributed by atoms with Gasteiger partial charge in [0.15, 0.2) is 0 Å². The average molecular weight is 321 g/mol. The predicted octanol–water partition coefficient (Wildman–Crippen LogP) is 3.18. The van der Waals surface area contributed by atoms with Crippen LogP contribution < -0.4 is 5.32 Å². The lowest BCUT2D eigenvalue weighted by atomic mass is 10.0. The van der Waals surface area contributed by atoms with Gasteiger partial charge in [-0.3, -0.25) is 9.78 Å². The van der Waals surface area contributed by atoms with E-state index >= 15 is 0 Å². The molecule has 1 aromatic heterocycles. The second-order valence-electron chi connectivity index (χ2n) is 6.71. The molecule has 2 fully saturated rings. The Kier molecular flexibility index (Phi) is 4.30. The first kappa shape index (κ1) is 15.3. The molecule has 2 aliphatic rings. The van der Waals surface area contributed by atoms with Crippen molar-refractivity contribution in [3.8, 4) is 0 Å². The summed E-state index contributed by atoms with van der Waals surface area (Å²) in [5.41, 5.74) is 1.76. The van der Waals surface area contributed by atoms with E-state index in [1.54, 1.807) is 6.20 Å². The van der Waals surface area contributed by atoms with Crippen LogP contribution >= 0.6 is 0 Å². The number of carbonyl (C=O) groups is 1. The van der Waals surface area contributed by atoms with Crippen molar-refractivity contribution >= 4 is 5.91 Å². The van der Waals surface area contributed by atoms with E-state index in [9.17, 15) is 4.79 Å². The van der Waals surface area contributed by atoms with Gasteiger partial charge in [0.2, 0.25) is 0 Å². The van der Waals surface area contributed by atoms with Crippen LogP contribution in [-0.4, -0.2) is 34.4 Å². The molecule has 3 atom stereocenters. The van der Waals surface area contributed by atoms with Crippen LogP contribution in [0.4, 0.5) is 0 Å². The number of fused-ring (bicyclic) bond motifs is 1. The zero-order valence-electron chi connectivity index (χ0n) is 13.8. The maximum Gasteiger partial charge on any atom is 0.273 e. The molecule has 2 saturated heterocycles. The van der Waals surface area contributed by atoms with E-state index in [4.69, 9.17) is 0 Å². The molecule has 1 N–H and O–H groups in total. The third-order valence-electron chi connectivity index (χ3n) is 5.27. The Morgan fingerprint density at radius 1 is 1.08 bits per heavy atom. The van der Waals surface area contributed by atoms with E-state index in [1.807, 2.05) is 24.3 Å². The smallest absolute Gasteiger partial charge is 0.273 e. The fraction of sp³-hybridized carbons (Fsp3) is 0.400. The van der Waals surface area contributed by atoms with E-state index in [-0.39, 0.29) is 18.0 Å². The molecular weight excluding hydrogens is 298 g/mol. The van der Waals surface area contributed by atoms with Crippen LogP contribution in [0.25, 0.3) is 0 Å². The van der Waals surface area contributed by atoms with Crippen LogP contribution in [0.5, 0.6) is 0 Å². The highest BCUT2D eigenvalue weighted by atomic mass is 16.2. The summed E-state index contributed by atoms with van der Waals surface area (Å²) in [4.78, 5) is 19.6. The first-order valence-electron chi connectivity index (χ1n) is 8.86. The second-order valence-corrected chi connectivity index (χ2v) is 6.71. The molecular formula is C20H23N3O. The van der Waals surface area contributed by atoms with Crippen molar-refractivity contribution in [2.24, 2.45) is 0 Å². The van der Waals surface area contributed by atoms with Crippen molar-refractivity contribution in [1.29, 1.82) is 0 Å². The van der Waals surface area contributed by atoms with Gasteiger partial charge in [-0.25, -0.2) is 0 Å². The maximum atomic E-state index is 13.2. The fourth-order valence-corrected chi connectivity index (χ4v) is 4.15. The molecule has 4 nitrogen and oxygen atoms in total. The molecule has 4 heteroatoms. The van der Waals surface area contributed by atoms with Crippen LogP contribution in [0.2, 0.25) is 0 Å². The van der Waals surface area contributed by atoms with E-state index in [2.05, 4.69) is 39.5 Å². The van der Waals surface area contributed by atoms with Crippen LogP contribution in [0.1, 0.15) is 47.8 Å². The van der Waals surface area contributed by atoms with Crippen LogP contribution in [-0.2, 0) is 0 Å². The van der Waals surface area contributed by atoms with Gasteiger partial charge in [-0.05, 0) is 43.5 Å². The van der Waals surface area contributed by atoms with E-state index in [0.717, 1.165) is 19.4 Å². The van der Waals surface area contributed by atoms with Crippen molar-refractivity contribution in [1.82, 2.24) is 15.2 Å². The number of likely N-dealkylation sites (tertiary alicyclic amines) is 1. The number of rotatable bonds is 2. The predicted molar refractivity (Wildman–Crippen MR) is 93.6 cm³/mol. The Bertz CT molecular complexity index is 689. The molecule has 0 unspecified atom stereocenters. The molecule has 24 heavy (non-hydrogen) atoms. The number of carbonyl (C=O) groups excluding carboxylic acids is 1. The Labute approximate surface area is 142 Å². The summed E-state index contributed by atoms with van der Waals surface area (Å²) in [6.45, 7) is 1.05. The lowest BCUT2D eigenvalue weighted by Gasteiger charge is -2.31. The van der Waals surface area contributed by atoms with Gasteiger partial charge >= 0.3 is 0 Å². The summed E-state index contributed by atoms with van der Waals surface area (Å²) in [6, 6.07) is 16.7. The van der Waals surface area contributed by atoms with Crippen molar-refractivity contribution in [2.75, 3.05) is 6.54 Å². The minimum absolute atomic E-state index is 0.0562. The first-order chi connectivity index (χ1) is 11.8. The fourth-order valence-electron chi connectivity index (χ4n) is 4.15.